The van der Waals surface area contributed by atoms with Gasteiger partial charge in [-0.15, -0.1) is 0 Å². The molecule has 0 atom stereocenters. The summed E-state index contributed by atoms with van der Waals surface area (Å²) < 4.78 is 5.60. The van der Waals surface area contributed by atoms with Crippen LogP contribution < -0.4 is 10.1 Å². The Hall–Kier alpha value is -1.02. The first kappa shape index (κ1) is 12.5. The van der Waals surface area contributed by atoms with Crippen LogP contribution in [0, 0.1) is 23.7 Å². The molecule has 0 saturated heterocycles. The predicted molar refractivity (Wildman–Crippen MR) is 83.3 cm³/mol. The number of nitrogens with one attached hydrogen (secondary N) is 1. The van der Waals surface area contributed by atoms with Crippen molar-refractivity contribution in [3.63, 3.8) is 0 Å². The number of ether oxygens (including phenoxy) is 1. The fourth-order valence-electron chi connectivity index (χ4n) is 5.84. The molecule has 4 saturated carbocycles. The second-order valence-corrected chi connectivity index (χ2v) is 7.88. The number of fused-ring (bicyclic) bond motifs is 1. The van der Waals surface area contributed by atoms with Crippen LogP contribution in [0.4, 0.5) is 0 Å². The van der Waals surface area contributed by atoms with E-state index < -0.39 is 0 Å². The van der Waals surface area contributed by atoms with E-state index in [0.717, 1.165) is 55.0 Å². The van der Waals surface area contributed by atoms with Crippen LogP contribution in [-0.4, -0.2) is 12.6 Å². The van der Waals surface area contributed by atoms with Gasteiger partial charge in [-0.25, -0.2) is 0 Å². The maximum Gasteiger partial charge on any atom is 0.122 e. The van der Waals surface area contributed by atoms with Gasteiger partial charge in [-0.3, -0.25) is 0 Å². The van der Waals surface area contributed by atoms with Crippen LogP contribution in [0.5, 0.6) is 5.75 Å². The zero-order valence-electron chi connectivity index (χ0n) is 12.7. The highest BCUT2D eigenvalue weighted by Gasteiger charge is 2.47. The Morgan fingerprint density at radius 2 is 1.76 bits per heavy atom. The van der Waals surface area contributed by atoms with Gasteiger partial charge in [-0.2, -0.15) is 0 Å². The largest absolute Gasteiger partial charge is 0.493 e. The molecule has 5 aliphatic rings. The molecule has 0 unspecified atom stereocenters. The molecule has 4 bridgehead atoms. The Labute approximate surface area is 127 Å². The standard InChI is InChI=1S/C19H25NO/c1-2-18-15(3-4-21-18)6-12(1)11-20-19-16-7-13-5-14(9-16)10-17(19)8-13/h1-2,6,13-14,16-17,19-20H,3-5,7-11H2. The minimum Gasteiger partial charge on any atom is -0.493 e. The van der Waals surface area contributed by atoms with E-state index in [4.69, 9.17) is 4.74 Å². The number of rotatable bonds is 3. The monoisotopic (exact) mass is 283 g/mol. The molecule has 0 amide bonds. The Kier molecular flexibility index (Phi) is 2.83. The average Bonchev–Trinajstić information content (AvgIpc) is 2.93. The molecule has 0 spiro atoms. The fraction of sp³-hybridized carbons (Fsp3) is 0.684. The van der Waals surface area contributed by atoms with Crippen LogP contribution >= 0.6 is 0 Å². The lowest BCUT2D eigenvalue weighted by atomic mass is 9.54. The Morgan fingerprint density at radius 1 is 1.00 bits per heavy atom. The van der Waals surface area contributed by atoms with Gasteiger partial charge in [0.1, 0.15) is 5.75 Å². The quantitative estimate of drug-likeness (QED) is 0.916. The van der Waals surface area contributed by atoms with Crippen molar-refractivity contribution in [1.29, 1.82) is 0 Å². The van der Waals surface area contributed by atoms with Gasteiger partial charge in [-0.05, 0) is 73.0 Å². The Balaban J connectivity index is 1.28. The van der Waals surface area contributed by atoms with E-state index in [1.54, 1.807) is 6.42 Å². The molecule has 2 nitrogen and oxygen atoms in total. The summed E-state index contributed by atoms with van der Waals surface area (Å²) in [5.41, 5.74) is 2.84. The SMILES string of the molecule is c1cc2c(cc1CNC1C3CC4CC(C3)CC1C4)CCO2. The highest BCUT2D eigenvalue weighted by atomic mass is 16.5. The van der Waals surface area contributed by atoms with Gasteiger partial charge in [0, 0.05) is 19.0 Å². The molecule has 0 aromatic heterocycles. The van der Waals surface area contributed by atoms with Crippen molar-refractivity contribution in [3.8, 4) is 5.75 Å². The normalized spacial score (nSPS) is 39.3. The molecule has 6 rings (SSSR count). The lowest BCUT2D eigenvalue weighted by Gasteiger charge is -2.54. The van der Waals surface area contributed by atoms with E-state index in [1.807, 2.05) is 0 Å². The highest BCUT2D eigenvalue weighted by Crippen LogP contribution is 2.53. The van der Waals surface area contributed by atoms with Gasteiger partial charge in [0.25, 0.3) is 0 Å². The molecule has 1 aromatic carbocycles. The van der Waals surface area contributed by atoms with Crippen molar-refractivity contribution in [1.82, 2.24) is 5.32 Å². The van der Waals surface area contributed by atoms with E-state index in [0.29, 0.717) is 0 Å². The molecule has 1 aliphatic heterocycles. The van der Waals surface area contributed by atoms with E-state index in [1.165, 1.54) is 36.8 Å². The third-order valence-corrected chi connectivity index (χ3v) is 6.52. The lowest BCUT2D eigenvalue weighted by Crippen LogP contribution is -2.54. The second kappa shape index (κ2) is 4.74. The van der Waals surface area contributed by atoms with Gasteiger partial charge in [-0.1, -0.05) is 12.1 Å². The highest BCUT2D eigenvalue weighted by molar-refractivity contribution is 5.39. The molecule has 1 aromatic rings. The van der Waals surface area contributed by atoms with Crippen molar-refractivity contribution in [3.05, 3.63) is 29.3 Å². The van der Waals surface area contributed by atoms with Crippen molar-refractivity contribution < 1.29 is 4.74 Å². The van der Waals surface area contributed by atoms with Crippen molar-refractivity contribution in [2.24, 2.45) is 23.7 Å². The summed E-state index contributed by atoms with van der Waals surface area (Å²) in [6, 6.07) is 7.55. The summed E-state index contributed by atoms with van der Waals surface area (Å²) in [6.07, 6.45) is 8.64. The molecule has 4 aliphatic carbocycles. The minimum atomic E-state index is 0.794. The van der Waals surface area contributed by atoms with Gasteiger partial charge in [0.15, 0.2) is 0 Å². The summed E-state index contributed by atoms with van der Waals surface area (Å²) >= 11 is 0. The van der Waals surface area contributed by atoms with Crippen molar-refractivity contribution >= 4 is 0 Å². The van der Waals surface area contributed by atoms with Gasteiger partial charge in [0.2, 0.25) is 0 Å². The zero-order valence-corrected chi connectivity index (χ0v) is 12.7. The third kappa shape index (κ3) is 2.11. The summed E-state index contributed by atoms with van der Waals surface area (Å²) in [4.78, 5) is 0. The lowest BCUT2D eigenvalue weighted by molar-refractivity contribution is -0.0142. The molecule has 1 heterocycles. The number of hydrogen-bond donors (Lipinski definition) is 1. The molecule has 112 valence electrons. The van der Waals surface area contributed by atoms with Crippen LogP contribution in [0.1, 0.15) is 43.2 Å². The summed E-state index contributed by atoms with van der Waals surface area (Å²) in [6.45, 7) is 1.90. The number of benzene rings is 1. The predicted octanol–water partition coefficient (Wildman–Crippen LogP) is 3.54. The van der Waals surface area contributed by atoms with Crippen LogP contribution in [0.25, 0.3) is 0 Å². The fourth-order valence-corrected chi connectivity index (χ4v) is 5.84. The third-order valence-electron chi connectivity index (χ3n) is 6.52. The number of hydrogen-bond acceptors (Lipinski definition) is 2. The van der Waals surface area contributed by atoms with E-state index in [9.17, 15) is 0 Å². The molecule has 21 heavy (non-hydrogen) atoms. The maximum atomic E-state index is 5.60. The minimum absolute atomic E-state index is 0.794. The van der Waals surface area contributed by atoms with Crippen LogP contribution in [0.2, 0.25) is 0 Å². The van der Waals surface area contributed by atoms with Crippen LogP contribution in [0.15, 0.2) is 18.2 Å². The van der Waals surface area contributed by atoms with Crippen molar-refractivity contribution in [2.45, 2.75) is 51.1 Å². The van der Waals surface area contributed by atoms with Crippen LogP contribution in [-0.2, 0) is 13.0 Å². The Morgan fingerprint density at radius 3 is 2.52 bits per heavy atom. The van der Waals surface area contributed by atoms with E-state index in [2.05, 4.69) is 23.5 Å². The summed E-state index contributed by atoms with van der Waals surface area (Å²) in [5, 5.41) is 3.93. The smallest absolute Gasteiger partial charge is 0.122 e. The van der Waals surface area contributed by atoms with Gasteiger partial charge < -0.3 is 10.1 Å². The molecule has 1 N–H and O–H groups in total. The summed E-state index contributed by atoms with van der Waals surface area (Å²) in [5.74, 6) is 5.19. The van der Waals surface area contributed by atoms with Crippen molar-refractivity contribution in [2.75, 3.05) is 6.61 Å². The molecule has 4 fully saturated rings. The van der Waals surface area contributed by atoms with Gasteiger partial charge >= 0.3 is 0 Å². The maximum absolute atomic E-state index is 5.60. The van der Waals surface area contributed by atoms with Crippen LogP contribution in [0.3, 0.4) is 0 Å². The first-order valence-electron chi connectivity index (χ1n) is 8.83. The summed E-state index contributed by atoms with van der Waals surface area (Å²) in [7, 11) is 0. The topological polar surface area (TPSA) is 21.3 Å². The molecular weight excluding hydrogens is 258 g/mol. The molecular formula is C19H25NO. The van der Waals surface area contributed by atoms with E-state index in [-0.39, 0.29) is 0 Å². The van der Waals surface area contributed by atoms with E-state index >= 15 is 0 Å². The molecule has 0 radical (unpaired) electrons. The Bertz CT molecular complexity index is 524. The molecule has 2 heteroatoms. The first-order valence-corrected chi connectivity index (χ1v) is 8.83. The second-order valence-electron chi connectivity index (χ2n) is 7.88. The van der Waals surface area contributed by atoms with Gasteiger partial charge in [0.05, 0.1) is 6.61 Å². The first-order chi connectivity index (χ1) is 10.3. The average molecular weight is 283 g/mol. The zero-order chi connectivity index (χ0) is 13.8.